The van der Waals surface area contributed by atoms with Gasteiger partial charge >= 0.3 is 0 Å². The fourth-order valence-electron chi connectivity index (χ4n) is 4.25. The van der Waals surface area contributed by atoms with Gasteiger partial charge in [-0.15, -0.1) is 0 Å². The predicted molar refractivity (Wildman–Crippen MR) is 93.0 cm³/mol. The van der Waals surface area contributed by atoms with Gasteiger partial charge in [0, 0.05) is 35.1 Å². The molecule has 1 aliphatic carbocycles. The molecule has 1 aromatic rings. The summed E-state index contributed by atoms with van der Waals surface area (Å²) in [6.07, 6.45) is 1.92. The highest BCUT2D eigenvalue weighted by Gasteiger charge is 2.70. The number of carbonyl (C=O) groups is 1. The second-order valence-electron chi connectivity index (χ2n) is 7.23. The summed E-state index contributed by atoms with van der Waals surface area (Å²) < 4.78 is 11.2. The monoisotopic (exact) mass is 352 g/mol. The van der Waals surface area contributed by atoms with E-state index in [1.165, 1.54) is 0 Å². The molecular formula is C18H25ClN2O3. The average molecular weight is 353 g/mol. The number of methoxy groups -OCH3 is 1. The summed E-state index contributed by atoms with van der Waals surface area (Å²) in [7, 11) is 1.58. The Morgan fingerprint density at radius 1 is 1.50 bits per heavy atom. The van der Waals surface area contributed by atoms with E-state index in [-0.39, 0.29) is 24.5 Å². The third-order valence-electron chi connectivity index (χ3n) is 5.78. The zero-order chi connectivity index (χ0) is 17.5. The van der Waals surface area contributed by atoms with E-state index in [1.807, 2.05) is 26.0 Å². The van der Waals surface area contributed by atoms with Crippen molar-refractivity contribution in [2.24, 2.45) is 17.1 Å². The van der Waals surface area contributed by atoms with Crippen molar-refractivity contribution < 1.29 is 14.3 Å². The molecule has 1 aliphatic heterocycles. The Bertz CT molecular complexity index is 649. The van der Waals surface area contributed by atoms with Crippen molar-refractivity contribution in [3.8, 4) is 5.75 Å². The van der Waals surface area contributed by atoms with Crippen LogP contribution in [0.3, 0.4) is 0 Å². The van der Waals surface area contributed by atoms with Crippen LogP contribution < -0.4 is 15.8 Å². The maximum Gasteiger partial charge on any atom is 0.241 e. The maximum atomic E-state index is 12.9. The molecule has 0 radical (unpaired) electrons. The van der Waals surface area contributed by atoms with Gasteiger partial charge in [0.2, 0.25) is 5.91 Å². The number of carbonyl (C=O) groups excluding carboxylic acids is 1. The normalized spacial score (nSPS) is 30.9. The molecule has 0 spiro atoms. The van der Waals surface area contributed by atoms with E-state index in [1.54, 1.807) is 13.2 Å². The molecule has 6 heteroatoms. The summed E-state index contributed by atoms with van der Waals surface area (Å²) in [5.41, 5.74) is 6.03. The third-order valence-corrected chi connectivity index (χ3v) is 6.14. The Morgan fingerprint density at radius 2 is 2.25 bits per heavy atom. The Balaban J connectivity index is 1.76. The number of hydrogen-bond donors (Lipinski definition) is 2. The molecule has 2 fully saturated rings. The minimum absolute atomic E-state index is 0.0526. The minimum Gasteiger partial charge on any atom is -0.496 e. The van der Waals surface area contributed by atoms with Gasteiger partial charge < -0.3 is 20.5 Å². The van der Waals surface area contributed by atoms with Crippen molar-refractivity contribution in [2.45, 2.75) is 44.9 Å². The first-order valence-corrected chi connectivity index (χ1v) is 8.72. The fourth-order valence-corrected chi connectivity index (χ4v) is 4.49. The van der Waals surface area contributed by atoms with Gasteiger partial charge in [0.05, 0.1) is 13.2 Å². The SMILES string of the molecule is COc1cccc(Cl)c1CNC(=O)C1(N)C2CCCOC2C1(C)C. The fraction of sp³-hybridized carbons (Fsp3) is 0.611. The van der Waals surface area contributed by atoms with Gasteiger partial charge in [0.1, 0.15) is 11.3 Å². The van der Waals surface area contributed by atoms with E-state index in [4.69, 9.17) is 26.8 Å². The van der Waals surface area contributed by atoms with E-state index in [0.29, 0.717) is 10.8 Å². The van der Waals surface area contributed by atoms with E-state index in [9.17, 15) is 4.79 Å². The molecule has 3 N–H and O–H groups in total. The summed E-state index contributed by atoms with van der Waals surface area (Å²) in [4.78, 5) is 12.9. The minimum atomic E-state index is -0.924. The zero-order valence-corrected chi connectivity index (χ0v) is 15.2. The molecule has 1 saturated heterocycles. The topological polar surface area (TPSA) is 73.6 Å². The number of fused-ring (bicyclic) bond motifs is 1. The van der Waals surface area contributed by atoms with Crippen LogP contribution in [0.4, 0.5) is 0 Å². The van der Waals surface area contributed by atoms with Crippen molar-refractivity contribution in [1.82, 2.24) is 5.32 Å². The molecule has 0 aromatic heterocycles. The lowest BCUT2D eigenvalue weighted by atomic mass is 9.46. The van der Waals surface area contributed by atoms with Crippen LogP contribution in [0.1, 0.15) is 32.3 Å². The molecule has 0 bridgehead atoms. The lowest BCUT2D eigenvalue weighted by molar-refractivity contribution is -0.225. The molecule has 1 aromatic carbocycles. The quantitative estimate of drug-likeness (QED) is 0.873. The highest BCUT2D eigenvalue weighted by Crippen LogP contribution is 2.57. The first kappa shape index (κ1) is 17.5. The molecule has 3 unspecified atom stereocenters. The standard InChI is InChI=1S/C18H25ClN2O3/c1-17(2)15-12(6-5-9-24-15)18(17,20)16(22)21-10-11-13(19)7-4-8-14(11)23-3/h4,7-8,12,15H,5-6,9-10,20H2,1-3H3,(H,21,22). The molecule has 5 nitrogen and oxygen atoms in total. The Morgan fingerprint density at radius 3 is 2.96 bits per heavy atom. The molecular weight excluding hydrogens is 328 g/mol. The molecule has 1 saturated carbocycles. The Labute approximate surface area is 147 Å². The molecule has 1 heterocycles. The van der Waals surface area contributed by atoms with Gasteiger partial charge in [-0.25, -0.2) is 0 Å². The van der Waals surface area contributed by atoms with Crippen LogP contribution >= 0.6 is 11.6 Å². The Hall–Kier alpha value is -1.30. The summed E-state index contributed by atoms with van der Waals surface area (Å²) in [5, 5.41) is 3.52. The van der Waals surface area contributed by atoms with Gasteiger partial charge in [-0.1, -0.05) is 31.5 Å². The van der Waals surface area contributed by atoms with Crippen LogP contribution in [-0.4, -0.2) is 31.3 Å². The van der Waals surface area contributed by atoms with Crippen molar-refractivity contribution in [3.63, 3.8) is 0 Å². The average Bonchev–Trinajstić information content (AvgIpc) is 2.59. The molecule has 3 rings (SSSR count). The highest BCUT2D eigenvalue weighted by atomic mass is 35.5. The highest BCUT2D eigenvalue weighted by molar-refractivity contribution is 6.31. The smallest absolute Gasteiger partial charge is 0.241 e. The maximum absolute atomic E-state index is 12.9. The second kappa shape index (κ2) is 6.21. The first-order chi connectivity index (χ1) is 11.3. The van der Waals surface area contributed by atoms with Crippen LogP contribution in [0.5, 0.6) is 5.75 Å². The van der Waals surface area contributed by atoms with Gasteiger partial charge in [-0.05, 0) is 25.0 Å². The lowest BCUT2D eigenvalue weighted by Gasteiger charge is -2.65. The van der Waals surface area contributed by atoms with Crippen LogP contribution in [0.15, 0.2) is 18.2 Å². The van der Waals surface area contributed by atoms with Crippen LogP contribution in [0.2, 0.25) is 5.02 Å². The van der Waals surface area contributed by atoms with Crippen molar-refractivity contribution >= 4 is 17.5 Å². The Kier molecular flexibility index (Phi) is 4.53. The zero-order valence-electron chi connectivity index (χ0n) is 14.4. The number of benzene rings is 1. The van der Waals surface area contributed by atoms with Gasteiger partial charge in [-0.3, -0.25) is 4.79 Å². The van der Waals surface area contributed by atoms with Crippen molar-refractivity contribution in [1.29, 1.82) is 0 Å². The number of nitrogens with one attached hydrogen (secondary N) is 1. The first-order valence-electron chi connectivity index (χ1n) is 8.34. The molecule has 132 valence electrons. The van der Waals surface area contributed by atoms with Gasteiger partial charge in [0.15, 0.2) is 0 Å². The van der Waals surface area contributed by atoms with Crippen LogP contribution in [-0.2, 0) is 16.1 Å². The second-order valence-corrected chi connectivity index (χ2v) is 7.64. The third kappa shape index (κ3) is 2.41. The van der Waals surface area contributed by atoms with E-state index < -0.39 is 11.0 Å². The van der Waals surface area contributed by atoms with E-state index >= 15 is 0 Å². The molecule has 1 amide bonds. The summed E-state index contributed by atoms with van der Waals surface area (Å²) >= 11 is 6.24. The number of rotatable bonds is 4. The van der Waals surface area contributed by atoms with Crippen LogP contribution in [0.25, 0.3) is 0 Å². The van der Waals surface area contributed by atoms with Crippen molar-refractivity contribution in [2.75, 3.05) is 13.7 Å². The van der Waals surface area contributed by atoms with Crippen molar-refractivity contribution in [3.05, 3.63) is 28.8 Å². The molecule has 3 atom stereocenters. The molecule has 2 aliphatic rings. The summed E-state index contributed by atoms with van der Waals surface area (Å²) in [5.74, 6) is 0.566. The largest absolute Gasteiger partial charge is 0.496 e. The van der Waals surface area contributed by atoms with Gasteiger partial charge in [-0.2, -0.15) is 0 Å². The number of halogens is 1. The van der Waals surface area contributed by atoms with E-state index in [0.717, 1.165) is 25.0 Å². The van der Waals surface area contributed by atoms with Crippen LogP contribution in [0, 0.1) is 11.3 Å². The molecule has 24 heavy (non-hydrogen) atoms. The summed E-state index contributed by atoms with van der Waals surface area (Å²) in [6, 6.07) is 5.42. The number of amides is 1. The van der Waals surface area contributed by atoms with E-state index in [2.05, 4.69) is 5.32 Å². The van der Waals surface area contributed by atoms with Gasteiger partial charge in [0.25, 0.3) is 0 Å². The lowest BCUT2D eigenvalue weighted by Crippen LogP contribution is -2.82. The predicted octanol–water partition coefficient (Wildman–Crippen LogP) is 2.50. The number of hydrogen-bond acceptors (Lipinski definition) is 4. The number of nitrogens with two attached hydrogens (primary N) is 1. The number of ether oxygens (including phenoxy) is 2. The summed E-state index contributed by atoms with van der Waals surface area (Å²) in [6.45, 7) is 5.05.